The predicted octanol–water partition coefficient (Wildman–Crippen LogP) is 2.13. The number of nitrogens with zero attached hydrogens (tertiary/aromatic N) is 2. The zero-order valence-electron chi connectivity index (χ0n) is 11.5. The molecule has 0 N–H and O–H groups in total. The molecule has 3 amide bonds. The lowest BCUT2D eigenvalue weighted by Crippen LogP contribution is -2.28. The van der Waals surface area contributed by atoms with Crippen molar-refractivity contribution in [3.8, 4) is 0 Å². The molecule has 1 atom stereocenters. The van der Waals surface area contributed by atoms with Crippen LogP contribution in [0.3, 0.4) is 0 Å². The standard InChI is InChI=1S/C9H17N2O7P2/c1-4-16-19(14)11-8(12)7-10(9(11)13)20(15,17-5-2)18-6-3/h4-7H2,1-3H3/q+1. The first-order valence-corrected chi connectivity index (χ1v) is 8.67. The van der Waals surface area contributed by atoms with Crippen molar-refractivity contribution in [1.29, 1.82) is 0 Å². The average molecular weight is 327 g/mol. The summed E-state index contributed by atoms with van der Waals surface area (Å²) in [5.74, 6) is -0.774. The Balaban J connectivity index is 2.99. The minimum absolute atomic E-state index is 0.0346. The van der Waals surface area contributed by atoms with Gasteiger partial charge in [0.2, 0.25) is 0 Å². The highest BCUT2D eigenvalue weighted by molar-refractivity contribution is 7.52. The van der Waals surface area contributed by atoms with Crippen LogP contribution in [0.5, 0.6) is 0 Å². The first-order valence-electron chi connectivity index (χ1n) is 6.05. The van der Waals surface area contributed by atoms with Crippen LogP contribution < -0.4 is 0 Å². The van der Waals surface area contributed by atoms with Crippen LogP contribution in [0.2, 0.25) is 0 Å². The lowest BCUT2D eigenvalue weighted by molar-refractivity contribution is -0.122. The number of hydrogen-bond donors (Lipinski definition) is 0. The van der Waals surface area contributed by atoms with Crippen LogP contribution in [0, 0.1) is 0 Å². The van der Waals surface area contributed by atoms with Gasteiger partial charge in [0, 0.05) is 0 Å². The zero-order chi connectivity index (χ0) is 15.3. The molecular formula is C9H17N2O7P2+. The number of urea groups is 1. The van der Waals surface area contributed by atoms with Crippen molar-refractivity contribution in [2.45, 2.75) is 20.8 Å². The van der Waals surface area contributed by atoms with E-state index in [1.165, 1.54) is 0 Å². The first kappa shape index (κ1) is 17.2. The highest BCUT2D eigenvalue weighted by Crippen LogP contribution is 2.55. The van der Waals surface area contributed by atoms with Gasteiger partial charge in [0.1, 0.15) is 13.2 Å². The summed E-state index contributed by atoms with van der Waals surface area (Å²) >= 11 is 0. The number of imide groups is 1. The molecule has 0 aliphatic carbocycles. The van der Waals surface area contributed by atoms with E-state index in [4.69, 9.17) is 13.6 Å². The van der Waals surface area contributed by atoms with Gasteiger partial charge in [0.25, 0.3) is 5.91 Å². The smallest absolute Gasteiger partial charge is 0.292 e. The normalized spacial score (nSPS) is 17.1. The summed E-state index contributed by atoms with van der Waals surface area (Å²) in [6.07, 6.45) is 0. The largest absolute Gasteiger partial charge is 0.658 e. The summed E-state index contributed by atoms with van der Waals surface area (Å²) in [6, 6.07) is -1.00. The van der Waals surface area contributed by atoms with Gasteiger partial charge in [-0.05, 0) is 30.0 Å². The molecule has 1 aliphatic heterocycles. The molecule has 114 valence electrons. The highest BCUT2D eigenvalue weighted by Gasteiger charge is 2.56. The van der Waals surface area contributed by atoms with Gasteiger partial charge in [-0.3, -0.25) is 13.8 Å². The lowest BCUT2D eigenvalue weighted by Gasteiger charge is -2.23. The first-order chi connectivity index (χ1) is 9.41. The molecule has 0 saturated carbocycles. The molecule has 1 unspecified atom stereocenters. The molecule has 0 spiro atoms. The Morgan fingerprint density at radius 3 is 2.15 bits per heavy atom. The van der Waals surface area contributed by atoms with Crippen molar-refractivity contribution in [3.05, 3.63) is 0 Å². The zero-order valence-corrected chi connectivity index (χ0v) is 13.3. The van der Waals surface area contributed by atoms with Crippen LogP contribution in [-0.2, 0) is 27.5 Å². The summed E-state index contributed by atoms with van der Waals surface area (Å²) < 4.78 is 39.9. The van der Waals surface area contributed by atoms with Crippen LogP contribution in [-0.4, -0.2) is 47.6 Å². The number of amides is 3. The van der Waals surface area contributed by atoms with E-state index in [-0.39, 0.29) is 19.8 Å². The van der Waals surface area contributed by atoms with Gasteiger partial charge in [-0.1, -0.05) is 0 Å². The number of carbonyl (C=O) groups is 2. The second-order valence-electron chi connectivity index (χ2n) is 3.51. The molecule has 11 heteroatoms. The van der Waals surface area contributed by atoms with Gasteiger partial charge in [0.05, 0.1) is 13.2 Å². The van der Waals surface area contributed by atoms with Gasteiger partial charge in [-0.25, -0.2) is 14.0 Å². The Morgan fingerprint density at radius 2 is 1.70 bits per heavy atom. The minimum atomic E-state index is -3.92. The highest BCUT2D eigenvalue weighted by atomic mass is 31.2. The van der Waals surface area contributed by atoms with Crippen LogP contribution >= 0.6 is 15.9 Å². The Kier molecular flexibility index (Phi) is 6.23. The summed E-state index contributed by atoms with van der Waals surface area (Å²) in [5.41, 5.74) is 0. The van der Waals surface area contributed by atoms with Crippen LogP contribution in [0.1, 0.15) is 20.8 Å². The van der Waals surface area contributed by atoms with Gasteiger partial charge < -0.3 is 0 Å². The predicted molar refractivity (Wildman–Crippen MR) is 69.0 cm³/mol. The average Bonchev–Trinajstić information content (AvgIpc) is 2.66. The Labute approximate surface area is 117 Å². The third kappa shape index (κ3) is 3.42. The second-order valence-corrected chi connectivity index (χ2v) is 6.58. The monoisotopic (exact) mass is 327 g/mol. The van der Waals surface area contributed by atoms with Crippen LogP contribution in [0.4, 0.5) is 4.79 Å². The van der Waals surface area contributed by atoms with Gasteiger partial charge in [-0.2, -0.15) is 0 Å². The van der Waals surface area contributed by atoms with E-state index in [0.29, 0.717) is 9.34 Å². The minimum Gasteiger partial charge on any atom is -0.292 e. The molecular weight excluding hydrogens is 310 g/mol. The van der Waals surface area contributed by atoms with Gasteiger partial charge >= 0.3 is 22.0 Å². The fourth-order valence-electron chi connectivity index (χ4n) is 1.50. The molecule has 0 radical (unpaired) electrons. The Hall–Kier alpha value is -0.850. The SMILES string of the molecule is CCO[P+](=O)N1C(=O)CN(P(=O)(OCC)OCC)C1=O. The molecule has 1 rings (SSSR count). The third-order valence-electron chi connectivity index (χ3n) is 2.21. The van der Waals surface area contributed by atoms with Crippen molar-refractivity contribution in [2.75, 3.05) is 26.4 Å². The summed E-state index contributed by atoms with van der Waals surface area (Å²) in [4.78, 5) is 23.8. The fraction of sp³-hybridized carbons (Fsp3) is 0.778. The fourth-order valence-corrected chi connectivity index (χ4v) is 4.00. The maximum absolute atomic E-state index is 12.4. The van der Waals surface area contributed by atoms with E-state index >= 15 is 0 Å². The van der Waals surface area contributed by atoms with Crippen molar-refractivity contribution in [2.24, 2.45) is 0 Å². The molecule has 20 heavy (non-hydrogen) atoms. The summed E-state index contributed by atoms with van der Waals surface area (Å²) in [7, 11) is -6.56. The second kappa shape index (κ2) is 7.24. The van der Waals surface area contributed by atoms with E-state index in [2.05, 4.69) is 0 Å². The maximum atomic E-state index is 12.4. The molecule has 9 nitrogen and oxygen atoms in total. The van der Waals surface area contributed by atoms with Gasteiger partial charge in [0.15, 0.2) is 0 Å². The maximum Gasteiger partial charge on any atom is 0.658 e. The molecule has 0 bridgehead atoms. The molecule has 1 fully saturated rings. The van der Waals surface area contributed by atoms with E-state index in [1.807, 2.05) is 0 Å². The topological polar surface area (TPSA) is 102 Å². The summed E-state index contributed by atoms with van der Waals surface area (Å²) in [6.45, 7) is 4.34. The van der Waals surface area contributed by atoms with Crippen molar-refractivity contribution in [1.82, 2.24) is 9.34 Å². The molecule has 1 saturated heterocycles. The molecule has 0 aromatic rings. The molecule has 1 aliphatic rings. The van der Waals surface area contributed by atoms with Crippen molar-refractivity contribution >= 4 is 27.9 Å². The molecule has 0 aromatic heterocycles. The van der Waals surface area contributed by atoms with Gasteiger partial charge in [-0.15, -0.1) is 4.52 Å². The lowest BCUT2D eigenvalue weighted by atomic mass is 10.7. The van der Waals surface area contributed by atoms with E-state index in [1.54, 1.807) is 20.8 Å². The number of hydrogen-bond acceptors (Lipinski definition) is 7. The van der Waals surface area contributed by atoms with E-state index < -0.39 is 34.4 Å². The quantitative estimate of drug-likeness (QED) is 0.497. The Bertz CT molecular complexity index is 446. The number of rotatable bonds is 8. The number of carbonyl (C=O) groups excluding carboxylic acids is 2. The van der Waals surface area contributed by atoms with Crippen molar-refractivity contribution in [3.63, 3.8) is 0 Å². The van der Waals surface area contributed by atoms with E-state index in [0.717, 1.165) is 0 Å². The van der Waals surface area contributed by atoms with Crippen LogP contribution in [0.15, 0.2) is 0 Å². The third-order valence-corrected chi connectivity index (χ3v) is 5.48. The van der Waals surface area contributed by atoms with E-state index in [9.17, 15) is 18.7 Å². The summed E-state index contributed by atoms with van der Waals surface area (Å²) in [5, 5.41) is 0. The van der Waals surface area contributed by atoms with Crippen molar-refractivity contribution < 1.29 is 32.3 Å². The Morgan fingerprint density at radius 1 is 1.15 bits per heavy atom. The van der Waals surface area contributed by atoms with Crippen LogP contribution in [0.25, 0.3) is 0 Å². The molecule has 0 aromatic carbocycles. The molecule has 1 heterocycles.